The quantitative estimate of drug-likeness (QED) is 0.360. The summed E-state index contributed by atoms with van der Waals surface area (Å²) in [6, 6.07) is 6.86. The number of nitrogens with zero attached hydrogens (tertiary/aromatic N) is 1. The predicted octanol–water partition coefficient (Wildman–Crippen LogP) is 4.59. The van der Waals surface area contributed by atoms with Crippen LogP contribution in [0.15, 0.2) is 41.3 Å². The third-order valence-corrected chi connectivity index (χ3v) is 11.2. The Hall–Kier alpha value is -1.39. The van der Waals surface area contributed by atoms with Gasteiger partial charge in [0.25, 0.3) is 0 Å². The summed E-state index contributed by atoms with van der Waals surface area (Å²) in [5.74, 6) is 5.63. The average Bonchev–Trinajstić information content (AvgIpc) is 2.56. The highest BCUT2D eigenvalue weighted by atomic mass is 32.2. The average molecular weight is 408 g/mol. The summed E-state index contributed by atoms with van der Waals surface area (Å²) in [6.45, 7) is 19.2. The summed E-state index contributed by atoms with van der Waals surface area (Å²) in [6.07, 6.45) is 0. The van der Waals surface area contributed by atoms with Crippen molar-refractivity contribution in [1.29, 1.82) is 0 Å². The Bertz CT molecular complexity index is 810. The van der Waals surface area contributed by atoms with E-state index in [1.54, 1.807) is 31.2 Å². The van der Waals surface area contributed by atoms with Gasteiger partial charge in [0.2, 0.25) is 10.0 Å². The molecule has 27 heavy (non-hydrogen) atoms. The van der Waals surface area contributed by atoms with E-state index in [1.165, 1.54) is 4.31 Å². The number of hydrogen-bond donors (Lipinski definition) is 0. The smallest absolute Gasteiger partial charge is 0.244 e. The zero-order valence-electron chi connectivity index (χ0n) is 17.7. The number of rotatable bonds is 8. The topological polar surface area (TPSA) is 46.6 Å². The van der Waals surface area contributed by atoms with E-state index < -0.39 is 18.3 Å². The highest BCUT2D eigenvalue weighted by molar-refractivity contribution is 7.89. The van der Waals surface area contributed by atoms with Gasteiger partial charge in [0.05, 0.1) is 18.0 Å². The molecule has 0 aliphatic heterocycles. The van der Waals surface area contributed by atoms with Gasteiger partial charge in [-0.05, 0) is 49.7 Å². The summed E-state index contributed by atoms with van der Waals surface area (Å²) >= 11 is 0. The lowest BCUT2D eigenvalue weighted by Crippen LogP contribution is -2.42. The van der Waals surface area contributed by atoms with Gasteiger partial charge in [0.15, 0.2) is 8.32 Å². The summed E-state index contributed by atoms with van der Waals surface area (Å²) in [4.78, 5) is 0.268. The van der Waals surface area contributed by atoms with Crippen LogP contribution in [-0.4, -0.2) is 40.7 Å². The fourth-order valence-corrected chi connectivity index (χ4v) is 4.41. The van der Waals surface area contributed by atoms with Crippen LogP contribution < -0.4 is 0 Å². The van der Waals surface area contributed by atoms with Crippen molar-refractivity contribution in [2.75, 3.05) is 19.7 Å². The molecule has 0 aromatic heterocycles. The van der Waals surface area contributed by atoms with Gasteiger partial charge in [-0.2, -0.15) is 4.31 Å². The minimum absolute atomic E-state index is 0.0919. The van der Waals surface area contributed by atoms with Crippen molar-refractivity contribution in [2.45, 2.75) is 57.6 Å². The van der Waals surface area contributed by atoms with E-state index in [4.69, 9.17) is 4.43 Å². The molecule has 0 saturated carbocycles. The summed E-state index contributed by atoms with van der Waals surface area (Å²) in [5.41, 5.74) is 1.74. The maximum absolute atomic E-state index is 13.0. The molecule has 0 unspecified atom stereocenters. The second-order valence-electron chi connectivity index (χ2n) is 8.31. The summed E-state index contributed by atoms with van der Waals surface area (Å²) in [5, 5.41) is 0.0919. The molecule has 0 saturated heterocycles. The van der Waals surface area contributed by atoms with E-state index in [2.05, 4.69) is 52.3 Å². The van der Waals surface area contributed by atoms with Gasteiger partial charge in [-0.15, -0.1) is 5.92 Å². The Morgan fingerprint density at radius 2 is 1.78 bits per heavy atom. The molecule has 0 heterocycles. The molecule has 0 N–H and O–H groups in total. The molecule has 1 rings (SSSR count). The fraction of sp³-hybridized carbons (Fsp3) is 0.524. The van der Waals surface area contributed by atoms with Gasteiger partial charge >= 0.3 is 0 Å². The van der Waals surface area contributed by atoms with Crippen molar-refractivity contribution in [1.82, 2.24) is 4.31 Å². The van der Waals surface area contributed by atoms with Crippen LogP contribution in [0.2, 0.25) is 18.1 Å². The van der Waals surface area contributed by atoms with Gasteiger partial charge in [-0.1, -0.05) is 51.0 Å². The molecular formula is C21H33NO3SSi. The minimum Gasteiger partial charge on any atom is -0.413 e. The molecule has 1 aromatic carbocycles. The lowest BCUT2D eigenvalue weighted by atomic mass is 10.2. The first-order chi connectivity index (χ1) is 12.3. The standard InChI is InChI=1S/C21H33NO3SSi/c1-9-10-15-22(26(23,24)20-13-11-18(2)12-14-20)16-19(3)17-25-27(7,8)21(4,5)6/h11-14H,3,15-17H2,1-2,4-8H3. The third-order valence-electron chi connectivity index (χ3n) is 4.93. The van der Waals surface area contributed by atoms with E-state index in [1.807, 2.05) is 6.92 Å². The van der Waals surface area contributed by atoms with E-state index in [0.717, 1.165) is 11.1 Å². The maximum Gasteiger partial charge on any atom is 0.244 e. The van der Waals surface area contributed by atoms with Gasteiger partial charge in [0.1, 0.15) is 0 Å². The van der Waals surface area contributed by atoms with E-state index in [9.17, 15) is 8.42 Å². The number of hydrogen-bond acceptors (Lipinski definition) is 3. The lowest BCUT2D eigenvalue weighted by molar-refractivity contribution is 0.310. The monoisotopic (exact) mass is 407 g/mol. The van der Waals surface area contributed by atoms with Crippen molar-refractivity contribution in [3.8, 4) is 11.8 Å². The fourth-order valence-electron chi connectivity index (χ4n) is 2.05. The second kappa shape index (κ2) is 9.20. The van der Waals surface area contributed by atoms with E-state index >= 15 is 0 Å². The summed E-state index contributed by atoms with van der Waals surface area (Å²) in [7, 11) is -5.56. The van der Waals surface area contributed by atoms with Crippen LogP contribution in [0.1, 0.15) is 33.3 Å². The molecule has 0 spiro atoms. The molecule has 0 bridgehead atoms. The second-order valence-corrected chi connectivity index (χ2v) is 15.1. The molecule has 0 atom stereocenters. The molecule has 6 heteroatoms. The van der Waals surface area contributed by atoms with Crippen LogP contribution >= 0.6 is 0 Å². The Morgan fingerprint density at radius 1 is 1.22 bits per heavy atom. The maximum atomic E-state index is 13.0. The molecule has 0 radical (unpaired) electrons. The Labute approximate surface area is 166 Å². The highest BCUT2D eigenvalue weighted by Crippen LogP contribution is 2.36. The SMILES string of the molecule is C=C(CO[Si](C)(C)C(C)(C)C)CN(CC#CC)S(=O)(=O)c1ccc(C)cc1. The van der Waals surface area contributed by atoms with Gasteiger partial charge in [-0.25, -0.2) is 8.42 Å². The predicted molar refractivity (Wildman–Crippen MR) is 116 cm³/mol. The van der Waals surface area contributed by atoms with Crippen LogP contribution in [0.25, 0.3) is 0 Å². The zero-order valence-corrected chi connectivity index (χ0v) is 19.5. The first-order valence-electron chi connectivity index (χ1n) is 9.08. The first-order valence-corrected chi connectivity index (χ1v) is 13.4. The van der Waals surface area contributed by atoms with Crippen LogP contribution in [0.5, 0.6) is 0 Å². The van der Waals surface area contributed by atoms with Crippen molar-refractivity contribution in [3.05, 3.63) is 42.0 Å². The van der Waals surface area contributed by atoms with Crippen LogP contribution in [0.4, 0.5) is 0 Å². The molecule has 150 valence electrons. The van der Waals surface area contributed by atoms with E-state index in [-0.39, 0.29) is 23.0 Å². The zero-order chi connectivity index (χ0) is 20.9. The molecule has 1 aromatic rings. The normalized spacial score (nSPS) is 12.6. The molecule has 0 fully saturated rings. The van der Waals surface area contributed by atoms with Gasteiger partial charge < -0.3 is 4.43 Å². The van der Waals surface area contributed by atoms with Crippen molar-refractivity contribution in [3.63, 3.8) is 0 Å². The molecule has 0 aliphatic carbocycles. The first kappa shape index (κ1) is 23.6. The number of aryl methyl sites for hydroxylation is 1. The summed E-state index contributed by atoms with van der Waals surface area (Å²) < 4.78 is 33.6. The van der Waals surface area contributed by atoms with Crippen molar-refractivity contribution < 1.29 is 12.8 Å². The largest absolute Gasteiger partial charge is 0.413 e. The van der Waals surface area contributed by atoms with Crippen LogP contribution in [-0.2, 0) is 14.4 Å². The number of sulfonamides is 1. The van der Waals surface area contributed by atoms with Crippen molar-refractivity contribution in [2.24, 2.45) is 0 Å². The molecule has 4 nitrogen and oxygen atoms in total. The highest BCUT2D eigenvalue weighted by Gasteiger charge is 2.37. The molecule has 0 aliphatic rings. The Morgan fingerprint density at radius 3 is 2.26 bits per heavy atom. The molecule has 0 amide bonds. The Balaban J connectivity index is 2.95. The molecular weight excluding hydrogens is 374 g/mol. The van der Waals surface area contributed by atoms with Crippen molar-refractivity contribution >= 4 is 18.3 Å². The van der Waals surface area contributed by atoms with Gasteiger partial charge in [0, 0.05) is 6.54 Å². The third kappa shape index (κ3) is 6.61. The van der Waals surface area contributed by atoms with Gasteiger partial charge in [-0.3, -0.25) is 0 Å². The minimum atomic E-state index is -3.64. The van der Waals surface area contributed by atoms with E-state index in [0.29, 0.717) is 6.61 Å². The number of benzene rings is 1. The van der Waals surface area contributed by atoms with Crippen LogP contribution in [0.3, 0.4) is 0 Å². The Kier molecular flexibility index (Phi) is 8.06. The lowest BCUT2D eigenvalue weighted by Gasteiger charge is -2.36. The van der Waals surface area contributed by atoms with Crippen LogP contribution in [0, 0.1) is 18.8 Å².